The lowest BCUT2D eigenvalue weighted by Gasteiger charge is -2.21. The Morgan fingerprint density at radius 2 is 2.00 bits per heavy atom. The fourth-order valence-corrected chi connectivity index (χ4v) is 2.62. The molecule has 1 N–H and O–H groups in total. The van der Waals surface area contributed by atoms with Gasteiger partial charge in [0.05, 0.1) is 18.2 Å². The van der Waals surface area contributed by atoms with E-state index in [2.05, 4.69) is 10.5 Å². The SMILES string of the molecule is Cc1noc(C)c1CC(=O)NC(C)c1ccc2c(c1)OCCO2. The minimum Gasteiger partial charge on any atom is -0.486 e. The smallest absolute Gasteiger partial charge is 0.225 e. The topological polar surface area (TPSA) is 73.6 Å². The van der Waals surface area contributed by atoms with Crippen LogP contribution in [-0.2, 0) is 11.2 Å². The van der Waals surface area contributed by atoms with Crippen molar-refractivity contribution in [3.05, 3.63) is 40.8 Å². The summed E-state index contributed by atoms with van der Waals surface area (Å²) in [6.45, 7) is 6.70. The van der Waals surface area contributed by atoms with Crippen LogP contribution in [0.1, 0.15) is 35.5 Å². The van der Waals surface area contributed by atoms with E-state index >= 15 is 0 Å². The number of hydrogen-bond donors (Lipinski definition) is 1. The molecule has 0 fully saturated rings. The molecule has 1 aromatic carbocycles. The Morgan fingerprint density at radius 1 is 1.26 bits per heavy atom. The molecule has 2 heterocycles. The Balaban J connectivity index is 1.66. The molecule has 1 amide bonds. The number of fused-ring (bicyclic) bond motifs is 1. The van der Waals surface area contributed by atoms with E-state index in [0.29, 0.717) is 19.0 Å². The van der Waals surface area contributed by atoms with Crippen molar-refractivity contribution >= 4 is 5.91 Å². The van der Waals surface area contributed by atoms with Crippen molar-refractivity contribution in [2.45, 2.75) is 33.2 Å². The van der Waals surface area contributed by atoms with Crippen LogP contribution in [0.2, 0.25) is 0 Å². The monoisotopic (exact) mass is 316 g/mol. The fourth-order valence-electron chi connectivity index (χ4n) is 2.62. The predicted molar refractivity (Wildman–Crippen MR) is 83.7 cm³/mol. The summed E-state index contributed by atoms with van der Waals surface area (Å²) in [4.78, 5) is 12.3. The first kappa shape index (κ1) is 15.4. The number of hydrogen-bond acceptors (Lipinski definition) is 5. The molecule has 2 aromatic rings. The maximum absolute atomic E-state index is 12.3. The highest BCUT2D eigenvalue weighted by molar-refractivity contribution is 5.79. The highest BCUT2D eigenvalue weighted by atomic mass is 16.6. The average molecular weight is 316 g/mol. The van der Waals surface area contributed by atoms with Crippen molar-refractivity contribution in [1.29, 1.82) is 0 Å². The summed E-state index contributed by atoms with van der Waals surface area (Å²) < 4.78 is 16.2. The molecule has 6 heteroatoms. The molecule has 0 spiro atoms. The van der Waals surface area contributed by atoms with Gasteiger partial charge in [0, 0.05) is 5.56 Å². The number of ether oxygens (including phenoxy) is 2. The normalized spacial score (nSPS) is 14.4. The molecule has 1 atom stereocenters. The van der Waals surface area contributed by atoms with Gasteiger partial charge >= 0.3 is 0 Å². The summed E-state index contributed by atoms with van der Waals surface area (Å²) in [5.74, 6) is 2.08. The predicted octanol–water partition coefficient (Wildman–Crippen LogP) is 2.48. The number of aryl methyl sites for hydroxylation is 2. The highest BCUT2D eigenvalue weighted by Gasteiger charge is 2.18. The van der Waals surface area contributed by atoms with Crippen LogP contribution in [0.3, 0.4) is 0 Å². The zero-order chi connectivity index (χ0) is 16.4. The fraction of sp³-hybridized carbons (Fsp3) is 0.412. The third kappa shape index (κ3) is 3.31. The molecule has 0 saturated heterocycles. The van der Waals surface area contributed by atoms with Crippen LogP contribution in [0.15, 0.2) is 22.7 Å². The molecule has 0 radical (unpaired) electrons. The standard InChI is InChI=1S/C17H20N2O4/c1-10(13-4-5-15-16(8-13)22-7-6-21-15)18-17(20)9-14-11(2)19-23-12(14)3/h4-5,8,10H,6-7,9H2,1-3H3,(H,18,20). The van der Waals surface area contributed by atoms with Gasteiger partial charge in [-0.3, -0.25) is 4.79 Å². The lowest BCUT2D eigenvalue weighted by molar-refractivity contribution is -0.121. The van der Waals surface area contributed by atoms with Crippen LogP contribution < -0.4 is 14.8 Å². The molecular weight excluding hydrogens is 296 g/mol. The number of carbonyl (C=O) groups excluding carboxylic acids is 1. The summed E-state index contributed by atoms with van der Waals surface area (Å²) >= 11 is 0. The molecule has 0 saturated carbocycles. The van der Waals surface area contributed by atoms with Crippen molar-refractivity contribution in [1.82, 2.24) is 10.5 Å². The quantitative estimate of drug-likeness (QED) is 0.938. The van der Waals surface area contributed by atoms with Crippen LogP contribution >= 0.6 is 0 Å². The third-order valence-corrected chi connectivity index (χ3v) is 3.96. The van der Waals surface area contributed by atoms with E-state index in [4.69, 9.17) is 14.0 Å². The molecule has 23 heavy (non-hydrogen) atoms. The number of amides is 1. The van der Waals surface area contributed by atoms with E-state index in [1.165, 1.54) is 0 Å². The Kier molecular flexibility index (Phi) is 4.23. The van der Waals surface area contributed by atoms with Gasteiger partial charge in [0.2, 0.25) is 5.91 Å². The molecule has 122 valence electrons. The molecular formula is C17H20N2O4. The molecule has 6 nitrogen and oxygen atoms in total. The first-order chi connectivity index (χ1) is 11.0. The summed E-state index contributed by atoms with van der Waals surface area (Å²) in [5, 5.41) is 6.86. The van der Waals surface area contributed by atoms with Gasteiger partial charge in [-0.1, -0.05) is 11.2 Å². The maximum atomic E-state index is 12.3. The second-order valence-electron chi connectivity index (χ2n) is 5.67. The largest absolute Gasteiger partial charge is 0.486 e. The third-order valence-electron chi connectivity index (χ3n) is 3.96. The van der Waals surface area contributed by atoms with Crippen LogP contribution in [0.4, 0.5) is 0 Å². The summed E-state index contributed by atoms with van der Waals surface area (Å²) in [6.07, 6.45) is 0.260. The first-order valence-corrected chi connectivity index (χ1v) is 7.65. The van der Waals surface area contributed by atoms with E-state index < -0.39 is 0 Å². The second kappa shape index (κ2) is 6.32. The minimum atomic E-state index is -0.126. The van der Waals surface area contributed by atoms with Crippen LogP contribution in [0.5, 0.6) is 11.5 Å². The van der Waals surface area contributed by atoms with Crippen molar-refractivity contribution in [3.8, 4) is 11.5 Å². The highest BCUT2D eigenvalue weighted by Crippen LogP contribution is 2.32. The van der Waals surface area contributed by atoms with Crippen LogP contribution in [-0.4, -0.2) is 24.3 Å². The van der Waals surface area contributed by atoms with Gasteiger partial charge in [-0.25, -0.2) is 0 Å². The molecule has 1 aliphatic heterocycles. The Bertz CT molecular complexity index is 704. The van der Waals surface area contributed by atoms with Gasteiger partial charge in [-0.05, 0) is 38.5 Å². The Hall–Kier alpha value is -2.50. The van der Waals surface area contributed by atoms with E-state index in [0.717, 1.165) is 28.3 Å². The van der Waals surface area contributed by atoms with Crippen LogP contribution in [0, 0.1) is 13.8 Å². The van der Waals surface area contributed by atoms with Gasteiger partial charge in [0.15, 0.2) is 11.5 Å². The zero-order valence-corrected chi connectivity index (χ0v) is 13.5. The summed E-state index contributed by atoms with van der Waals surface area (Å²) in [7, 11) is 0. The van der Waals surface area contributed by atoms with Gasteiger partial charge < -0.3 is 19.3 Å². The Morgan fingerprint density at radius 3 is 2.70 bits per heavy atom. The van der Waals surface area contributed by atoms with E-state index in [-0.39, 0.29) is 18.4 Å². The minimum absolute atomic E-state index is 0.0678. The molecule has 0 bridgehead atoms. The van der Waals surface area contributed by atoms with Crippen molar-refractivity contribution in [2.75, 3.05) is 13.2 Å². The zero-order valence-electron chi connectivity index (χ0n) is 13.5. The average Bonchev–Trinajstić information content (AvgIpc) is 2.86. The second-order valence-corrected chi connectivity index (χ2v) is 5.67. The van der Waals surface area contributed by atoms with Crippen LogP contribution in [0.25, 0.3) is 0 Å². The van der Waals surface area contributed by atoms with E-state index in [9.17, 15) is 4.79 Å². The first-order valence-electron chi connectivity index (χ1n) is 7.65. The summed E-state index contributed by atoms with van der Waals surface area (Å²) in [6, 6.07) is 5.60. The van der Waals surface area contributed by atoms with Gasteiger partial charge in [-0.2, -0.15) is 0 Å². The molecule has 1 unspecified atom stereocenters. The lowest BCUT2D eigenvalue weighted by Crippen LogP contribution is -2.28. The molecule has 1 aromatic heterocycles. The van der Waals surface area contributed by atoms with Crippen molar-refractivity contribution in [2.24, 2.45) is 0 Å². The number of rotatable bonds is 4. The van der Waals surface area contributed by atoms with Gasteiger partial charge in [0.25, 0.3) is 0 Å². The van der Waals surface area contributed by atoms with Gasteiger partial charge in [0.1, 0.15) is 19.0 Å². The maximum Gasteiger partial charge on any atom is 0.225 e. The van der Waals surface area contributed by atoms with Crippen molar-refractivity contribution in [3.63, 3.8) is 0 Å². The molecule has 0 aliphatic carbocycles. The van der Waals surface area contributed by atoms with E-state index in [1.54, 1.807) is 0 Å². The van der Waals surface area contributed by atoms with E-state index in [1.807, 2.05) is 39.0 Å². The Labute approximate surface area is 134 Å². The lowest BCUT2D eigenvalue weighted by atomic mass is 10.1. The van der Waals surface area contributed by atoms with Gasteiger partial charge in [-0.15, -0.1) is 0 Å². The molecule has 1 aliphatic rings. The molecule has 3 rings (SSSR count). The number of aromatic nitrogens is 1. The van der Waals surface area contributed by atoms with Crippen molar-refractivity contribution < 1.29 is 18.8 Å². The number of benzene rings is 1. The number of nitrogens with one attached hydrogen (secondary N) is 1. The number of carbonyl (C=O) groups is 1. The summed E-state index contributed by atoms with van der Waals surface area (Å²) in [5.41, 5.74) is 2.57. The number of nitrogens with zero attached hydrogens (tertiary/aromatic N) is 1.